The number of methoxy groups -OCH3 is 1. The van der Waals surface area contributed by atoms with E-state index >= 15 is 0 Å². The van der Waals surface area contributed by atoms with Crippen LogP contribution < -0.4 is 15.4 Å². The van der Waals surface area contributed by atoms with E-state index in [1.807, 2.05) is 12.1 Å². The Hall–Kier alpha value is -2.57. The lowest BCUT2D eigenvalue weighted by Gasteiger charge is -2.08. The molecule has 3 rings (SSSR count). The second kappa shape index (κ2) is 8.88. The summed E-state index contributed by atoms with van der Waals surface area (Å²) in [6.07, 6.45) is 0. The number of aromatic nitrogens is 4. The number of nitrogens with one attached hydrogen (secondary N) is 2. The highest BCUT2D eigenvalue weighted by Gasteiger charge is 2.16. The summed E-state index contributed by atoms with van der Waals surface area (Å²) < 4.78 is 9.49. The average Bonchev–Trinajstić information content (AvgIpc) is 3.29. The number of carbonyl (C=O) groups is 2. The van der Waals surface area contributed by atoms with Crippen LogP contribution in [0.15, 0.2) is 28.6 Å². The number of anilines is 2. The molecule has 1 aromatic carbocycles. The molecule has 0 aliphatic heterocycles. The number of carbonyl (C=O) groups excluding carboxylic acids is 2. The molecule has 2 heterocycles. The van der Waals surface area contributed by atoms with Gasteiger partial charge < -0.3 is 10.1 Å². The molecule has 0 aliphatic carbocycles. The van der Waals surface area contributed by atoms with Crippen molar-refractivity contribution >= 4 is 57.3 Å². The summed E-state index contributed by atoms with van der Waals surface area (Å²) in [5.41, 5.74) is 1.16. The van der Waals surface area contributed by atoms with Crippen molar-refractivity contribution < 1.29 is 14.3 Å². The van der Waals surface area contributed by atoms with Crippen LogP contribution in [-0.4, -0.2) is 44.5 Å². The quantitative estimate of drug-likeness (QED) is 0.441. The maximum Gasteiger partial charge on any atom is 0.271 e. The van der Waals surface area contributed by atoms with Crippen molar-refractivity contribution in [2.24, 2.45) is 0 Å². The van der Waals surface area contributed by atoms with Gasteiger partial charge in [0.2, 0.25) is 11.0 Å². The minimum absolute atomic E-state index is 0.151. The second-order valence-corrected chi connectivity index (χ2v) is 8.01. The third-order valence-corrected chi connectivity index (χ3v) is 5.99. The van der Waals surface area contributed by atoms with Crippen LogP contribution >= 0.6 is 34.6 Å². The predicted molar refractivity (Wildman–Crippen MR) is 105 cm³/mol. The molecule has 0 spiro atoms. The van der Waals surface area contributed by atoms with Crippen LogP contribution in [0.4, 0.5) is 10.8 Å². The molecule has 3 aromatic rings. The molecule has 0 saturated heterocycles. The Balaban J connectivity index is 1.53. The molecule has 2 amide bonds. The number of hydrogen-bond acceptors (Lipinski definition) is 10. The highest BCUT2D eigenvalue weighted by molar-refractivity contribution is 8.01. The van der Waals surface area contributed by atoms with Crippen molar-refractivity contribution in [2.45, 2.75) is 11.3 Å². The van der Waals surface area contributed by atoms with E-state index in [4.69, 9.17) is 4.74 Å². The van der Waals surface area contributed by atoms with Crippen LogP contribution in [0.3, 0.4) is 0 Å². The number of thioether (sulfide) groups is 1. The van der Waals surface area contributed by atoms with Crippen LogP contribution in [0.25, 0.3) is 0 Å². The smallest absolute Gasteiger partial charge is 0.271 e. The van der Waals surface area contributed by atoms with Gasteiger partial charge in [-0.3, -0.25) is 14.9 Å². The molecular formula is C15H14N6O3S3. The number of aryl methyl sites for hydroxylation is 1. The van der Waals surface area contributed by atoms with Gasteiger partial charge in [-0.25, -0.2) is 0 Å². The molecule has 12 heteroatoms. The Bertz CT molecular complexity index is 958. The van der Waals surface area contributed by atoms with Gasteiger partial charge in [0.05, 0.1) is 24.2 Å². The predicted octanol–water partition coefficient (Wildman–Crippen LogP) is 2.69. The maximum absolute atomic E-state index is 12.1. The van der Waals surface area contributed by atoms with E-state index in [-0.39, 0.29) is 17.6 Å². The van der Waals surface area contributed by atoms with Crippen molar-refractivity contribution in [3.63, 3.8) is 0 Å². The molecule has 0 unspecified atom stereocenters. The minimum atomic E-state index is -0.330. The minimum Gasteiger partial charge on any atom is -0.495 e. The second-order valence-electron chi connectivity index (χ2n) is 5.05. The van der Waals surface area contributed by atoms with Crippen LogP contribution in [0, 0.1) is 6.92 Å². The fourth-order valence-electron chi connectivity index (χ4n) is 1.97. The zero-order valence-corrected chi connectivity index (χ0v) is 16.7. The van der Waals surface area contributed by atoms with Gasteiger partial charge in [-0.05, 0) is 30.6 Å². The number of para-hydroxylation sites is 2. The molecule has 0 saturated carbocycles. The van der Waals surface area contributed by atoms with Crippen LogP contribution in [0.5, 0.6) is 5.75 Å². The molecule has 0 fully saturated rings. The van der Waals surface area contributed by atoms with Crippen molar-refractivity contribution in [2.75, 3.05) is 23.5 Å². The van der Waals surface area contributed by atoms with E-state index in [1.165, 1.54) is 23.1 Å². The largest absolute Gasteiger partial charge is 0.495 e. The highest BCUT2D eigenvalue weighted by atomic mass is 32.2. The highest BCUT2D eigenvalue weighted by Crippen LogP contribution is 2.27. The topological polar surface area (TPSA) is 119 Å². The summed E-state index contributed by atoms with van der Waals surface area (Å²) in [6.45, 7) is 1.71. The molecule has 0 aliphatic rings. The van der Waals surface area contributed by atoms with Crippen LogP contribution in [0.2, 0.25) is 0 Å². The van der Waals surface area contributed by atoms with E-state index in [1.54, 1.807) is 26.2 Å². The first-order chi connectivity index (χ1) is 13.1. The van der Waals surface area contributed by atoms with Crippen molar-refractivity contribution in [1.82, 2.24) is 19.8 Å². The number of rotatable bonds is 7. The maximum atomic E-state index is 12.1. The van der Waals surface area contributed by atoms with E-state index in [0.29, 0.717) is 31.5 Å². The standard InChI is InChI=1S/C15H14N6O3S3/c1-8-12(27-21-18-8)13(23)17-14-19-20-15(26-14)25-7-11(22)16-9-5-3-4-6-10(9)24-2/h3-6H,7H2,1-2H3,(H,16,22)(H,17,19,23). The Morgan fingerprint density at radius 2 is 2.00 bits per heavy atom. The summed E-state index contributed by atoms with van der Waals surface area (Å²) in [4.78, 5) is 24.7. The molecular weight excluding hydrogens is 408 g/mol. The zero-order valence-electron chi connectivity index (χ0n) is 14.3. The van der Waals surface area contributed by atoms with Gasteiger partial charge in [-0.2, -0.15) is 0 Å². The lowest BCUT2D eigenvalue weighted by atomic mass is 10.3. The number of ether oxygens (including phenoxy) is 1. The normalized spacial score (nSPS) is 10.4. The SMILES string of the molecule is COc1ccccc1NC(=O)CSc1nnc(NC(=O)c2snnc2C)s1. The number of amides is 2. The summed E-state index contributed by atoms with van der Waals surface area (Å²) in [6, 6.07) is 7.16. The summed E-state index contributed by atoms with van der Waals surface area (Å²) in [5.74, 6) is 0.212. The lowest BCUT2D eigenvalue weighted by molar-refractivity contribution is -0.113. The monoisotopic (exact) mass is 422 g/mol. The molecule has 2 N–H and O–H groups in total. The van der Waals surface area contributed by atoms with Crippen molar-refractivity contribution in [1.29, 1.82) is 0 Å². The van der Waals surface area contributed by atoms with Gasteiger partial charge >= 0.3 is 0 Å². The first kappa shape index (κ1) is 19.2. The number of benzene rings is 1. The van der Waals surface area contributed by atoms with Gasteiger partial charge in [0.25, 0.3) is 5.91 Å². The van der Waals surface area contributed by atoms with Crippen molar-refractivity contribution in [3.05, 3.63) is 34.8 Å². The fourth-order valence-corrected chi connectivity index (χ4v) is 4.07. The average molecular weight is 423 g/mol. The Labute approximate surface area is 166 Å². The first-order valence-electron chi connectivity index (χ1n) is 7.56. The van der Waals surface area contributed by atoms with Gasteiger partial charge in [-0.15, -0.1) is 15.3 Å². The van der Waals surface area contributed by atoms with Gasteiger partial charge in [0.1, 0.15) is 10.6 Å². The zero-order chi connectivity index (χ0) is 19.2. The summed E-state index contributed by atoms with van der Waals surface area (Å²) >= 11 is 3.43. The van der Waals surface area contributed by atoms with Gasteiger partial charge in [0.15, 0.2) is 4.34 Å². The number of hydrogen-bond donors (Lipinski definition) is 2. The van der Waals surface area contributed by atoms with Gasteiger partial charge in [-0.1, -0.05) is 39.7 Å². The lowest BCUT2D eigenvalue weighted by Crippen LogP contribution is -2.14. The summed E-state index contributed by atoms with van der Waals surface area (Å²) in [5, 5.41) is 17.5. The number of nitrogens with zero attached hydrogens (tertiary/aromatic N) is 4. The van der Waals surface area contributed by atoms with E-state index < -0.39 is 0 Å². The fraction of sp³-hybridized carbons (Fsp3) is 0.200. The van der Waals surface area contributed by atoms with Gasteiger partial charge in [0, 0.05) is 0 Å². The van der Waals surface area contributed by atoms with Crippen molar-refractivity contribution in [3.8, 4) is 5.75 Å². The van der Waals surface area contributed by atoms with E-state index in [0.717, 1.165) is 11.5 Å². The molecule has 2 aromatic heterocycles. The Morgan fingerprint density at radius 3 is 2.74 bits per heavy atom. The third kappa shape index (κ3) is 4.99. The molecule has 9 nitrogen and oxygen atoms in total. The summed E-state index contributed by atoms with van der Waals surface area (Å²) in [7, 11) is 1.54. The molecule has 0 radical (unpaired) electrons. The van der Waals surface area contributed by atoms with Crippen LogP contribution in [-0.2, 0) is 4.79 Å². The van der Waals surface area contributed by atoms with Crippen LogP contribution in [0.1, 0.15) is 15.4 Å². The first-order valence-corrected chi connectivity index (χ1v) is 10.1. The molecule has 0 atom stereocenters. The Morgan fingerprint density at radius 1 is 1.19 bits per heavy atom. The molecule has 0 bridgehead atoms. The molecule has 27 heavy (non-hydrogen) atoms. The molecule has 140 valence electrons. The third-order valence-electron chi connectivity index (χ3n) is 3.19. The van der Waals surface area contributed by atoms with E-state index in [9.17, 15) is 9.59 Å². The van der Waals surface area contributed by atoms with E-state index in [2.05, 4.69) is 30.4 Å². The Kier molecular flexibility index (Phi) is 6.32.